The van der Waals surface area contributed by atoms with E-state index in [9.17, 15) is 4.79 Å². The van der Waals surface area contributed by atoms with Gasteiger partial charge in [0, 0.05) is 12.0 Å². The van der Waals surface area contributed by atoms with Gasteiger partial charge in [-0.05, 0) is 56.3 Å². The van der Waals surface area contributed by atoms with Crippen molar-refractivity contribution in [1.82, 2.24) is 4.90 Å². The van der Waals surface area contributed by atoms with E-state index in [-0.39, 0.29) is 30.4 Å². The van der Waals surface area contributed by atoms with Gasteiger partial charge in [0.2, 0.25) is 6.79 Å². The number of halogens is 1. The van der Waals surface area contributed by atoms with E-state index in [1.165, 1.54) is 0 Å². The molecule has 2 aliphatic rings. The highest BCUT2D eigenvalue weighted by Gasteiger charge is 2.40. The van der Waals surface area contributed by atoms with E-state index < -0.39 is 0 Å². The number of allylic oxidation sites excluding steroid dienone is 1. The summed E-state index contributed by atoms with van der Waals surface area (Å²) >= 11 is 0. The van der Waals surface area contributed by atoms with Crippen molar-refractivity contribution in [2.75, 3.05) is 27.4 Å². The van der Waals surface area contributed by atoms with Crippen LogP contribution in [-0.4, -0.2) is 38.1 Å². The van der Waals surface area contributed by atoms with Crippen molar-refractivity contribution in [3.8, 4) is 11.5 Å². The number of fused-ring (bicyclic) bond motifs is 1. The lowest BCUT2D eigenvalue weighted by molar-refractivity contribution is -0.122. The smallest absolute Gasteiger partial charge is 0.231 e. The summed E-state index contributed by atoms with van der Waals surface area (Å²) in [6, 6.07) is 5.80. The number of hydrogen-bond donors (Lipinski definition) is 0. The molecule has 0 bridgehead atoms. The normalized spacial score (nSPS) is 24.9. The van der Waals surface area contributed by atoms with Crippen LogP contribution in [0.4, 0.5) is 0 Å². The standard InChI is InChI=1S/C17H21NO3.ClH/c1-17(10-18(2)3)7-6-13(16(17)19)8-12-4-5-14-15(9-12)21-11-20-14;/h4-5,8-9H,6-7,10-11H2,1-3H3;1H. The van der Waals surface area contributed by atoms with E-state index in [0.717, 1.165) is 42.0 Å². The largest absolute Gasteiger partial charge is 0.454 e. The number of carbonyl (C=O) groups is 1. The van der Waals surface area contributed by atoms with Gasteiger partial charge in [-0.1, -0.05) is 13.0 Å². The monoisotopic (exact) mass is 323 g/mol. The van der Waals surface area contributed by atoms with Crippen molar-refractivity contribution >= 4 is 24.3 Å². The quantitative estimate of drug-likeness (QED) is 0.801. The first-order chi connectivity index (χ1) is 9.98. The van der Waals surface area contributed by atoms with E-state index in [1.807, 2.05) is 38.4 Å². The molecule has 5 heteroatoms. The number of hydrogen-bond acceptors (Lipinski definition) is 4. The predicted octanol–water partition coefficient (Wildman–Crippen LogP) is 3.15. The molecular weight excluding hydrogens is 302 g/mol. The summed E-state index contributed by atoms with van der Waals surface area (Å²) in [6.45, 7) is 3.13. The van der Waals surface area contributed by atoms with Crippen molar-refractivity contribution in [2.45, 2.75) is 19.8 Å². The van der Waals surface area contributed by atoms with Gasteiger partial charge in [-0.15, -0.1) is 12.4 Å². The van der Waals surface area contributed by atoms with Crippen LogP contribution in [0.15, 0.2) is 23.8 Å². The lowest BCUT2D eigenvalue weighted by Gasteiger charge is -2.25. The summed E-state index contributed by atoms with van der Waals surface area (Å²) in [5.74, 6) is 1.80. The summed E-state index contributed by atoms with van der Waals surface area (Å²) in [7, 11) is 4.02. The average Bonchev–Trinajstić information content (AvgIpc) is 2.98. The number of ether oxygens (including phenoxy) is 2. The first kappa shape index (κ1) is 16.8. The molecule has 0 saturated heterocycles. The zero-order valence-corrected chi connectivity index (χ0v) is 14.0. The van der Waals surface area contributed by atoms with Gasteiger partial charge in [0.1, 0.15) is 0 Å². The van der Waals surface area contributed by atoms with Gasteiger partial charge >= 0.3 is 0 Å². The second-order valence-electron chi connectivity index (χ2n) is 6.41. The van der Waals surface area contributed by atoms with Crippen LogP contribution in [0, 0.1) is 5.41 Å². The summed E-state index contributed by atoms with van der Waals surface area (Å²) in [6.07, 6.45) is 3.75. The summed E-state index contributed by atoms with van der Waals surface area (Å²) in [5, 5.41) is 0. The van der Waals surface area contributed by atoms with Crippen LogP contribution in [-0.2, 0) is 4.79 Å². The summed E-state index contributed by atoms with van der Waals surface area (Å²) < 4.78 is 10.7. The van der Waals surface area contributed by atoms with Gasteiger partial charge in [0.25, 0.3) is 0 Å². The van der Waals surface area contributed by atoms with Gasteiger partial charge < -0.3 is 14.4 Å². The van der Waals surface area contributed by atoms with Crippen LogP contribution >= 0.6 is 12.4 Å². The van der Waals surface area contributed by atoms with Crippen LogP contribution in [0.25, 0.3) is 6.08 Å². The van der Waals surface area contributed by atoms with Crippen molar-refractivity contribution in [3.05, 3.63) is 29.3 Å². The van der Waals surface area contributed by atoms with Crippen LogP contribution < -0.4 is 9.47 Å². The van der Waals surface area contributed by atoms with Gasteiger partial charge in [-0.25, -0.2) is 0 Å². The molecule has 22 heavy (non-hydrogen) atoms. The molecule has 0 N–H and O–H groups in total. The minimum Gasteiger partial charge on any atom is -0.454 e. The Morgan fingerprint density at radius 1 is 1.27 bits per heavy atom. The maximum atomic E-state index is 12.6. The van der Waals surface area contributed by atoms with E-state index in [4.69, 9.17) is 9.47 Å². The molecule has 0 amide bonds. The average molecular weight is 324 g/mol. The van der Waals surface area contributed by atoms with E-state index in [1.54, 1.807) is 0 Å². The highest BCUT2D eigenvalue weighted by molar-refractivity contribution is 6.05. The Bertz CT molecular complexity index is 612. The lowest BCUT2D eigenvalue weighted by Crippen LogP contribution is -2.34. The number of nitrogens with zero attached hydrogens (tertiary/aromatic N) is 1. The number of rotatable bonds is 3. The fourth-order valence-electron chi connectivity index (χ4n) is 3.22. The Morgan fingerprint density at radius 3 is 2.73 bits per heavy atom. The van der Waals surface area contributed by atoms with Crippen LogP contribution in [0.5, 0.6) is 11.5 Å². The van der Waals surface area contributed by atoms with Crippen molar-refractivity contribution in [1.29, 1.82) is 0 Å². The molecular formula is C17H22ClNO3. The number of benzene rings is 1. The Labute approximate surface area is 137 Å². The summed E-state index contributed by atoms with van der Waals surface area (Å²) in [4.78, 5) is 14.7. The molecule has 0 aromatic heterocycles. The minimum atomic E-state index is -0.258. The fraction of sp³-hybridized carbons (Fsp3) is 0.471. The first-order valence-electron chi connectivity index (χ1n) is 7.28. The molecule has 0 spiro atoms. The molecule has 1 heterocycles. The highest BCUT2D eigenvalue weighted by atomic mass is 35.5. The number of ketones is 1. The zero-order chi connectivity index (χ0) is 15.0. The Hall–Kier alpha value is -1.52. The van der Waals surface area contributed by atoms with Gasteiger partial charge in [0.05, 0.1) is 0 Å². The predicted molar refractivity (Wildman–Crippen MR) is 88.7 cm³/mol. The molecule has 1 saturated carbocycles. The van der Waals surface area contributed by atoms with Crippen molar-refractivity contribution in [2.24, 2.45) is 5.41 Å². The highest BCUT2D eigenvalue weighted by Crippen LogP contribution is 2.40. The van der Waals surface area contributed by atoms with E-state index in [2.05, 4.69) is 11.8 Å². The van der Waals surface area contributed by atoms with Crippen LogP contribution in [0.1, 0.15) is 25.3 Å². The Kier molecular flexibility index (Phi) is 4.83. The molecule has 3 rings (SSSR count). The third-order valence-electron chi connectivity index (χ3n) is 4.19. The third kappa shape index (κ3) is 3.13. The SMILES string of the molecule is CN(C)CC1(C)CCC(=Cc2ccc3c(c2)OCO3)C1=O.Cl. The van der Waals surface area contributed by atoms with E-state index in [0.29, 0.717) is 0 Å². The molecule has 1 aromatic carbocycles. The summed E-state index contributed by atoms with van der Waals surface area (Å²) in [5.41, 5.74) is 1.65. The van der Waals surface area contributed by atoms with Crippen molar-refractivity contribution in [3.63, 3.8) is 0 Å². The topological polar surface area (TPSA) is 38.8 Å². The third-order valence-corrected chi connectivity index (χ3v) is 4.19. The molecule has 4 nitrogen and oxygen atoms in total. The number of Topliss-reactive ketones (excluding diaryl/α,β-unsaturated/α-hetero) is 1. The first-order valence-corrected chi connectivity index (χ1v) is 7.28. The van der Waals surface area contributed by atoms with Gasteiger partial charge in [0.15, 0.2) is 17.3 Å². The van der Waals surface area contributed by atoms with Crippen LogP contribution in [0.2, 0.25) is 0 Å². The Morgan fingerprint density at radius 2 is 2.00 bits per heavy atom. The molecule has 1 fully saturated rings. The molecule has 1 aliphatic heterocycles. The molecule has 1 atom stereocenters. The fourth-order valence-corrected chi connectivity index (χ4v) is 3.22. The maximum Gasteiger partial charge on any atom is 0.231 e. The maximum absolute atomic E-state index is 12.6. The zero-order valence-electron chi connectivity index (χ0n) is 13.2. The lowest BCUT2D eigenvalue weighted by atomic mass is 9.86. The van der Waals surface area contributed by atoms with Gasteiger partial charge in [-0.2, -0.15) is 0 Å². The number of carbonyl (C=O) groups excluding carboxylic acids is 1. The van der Waals surface area contributed by atoms with Crippen LogP contribution in [0.3, 0.4) is 0 Å². The molecule has 120 valence electrons. The Balaban J connectivity index is 0.00000176. The van der Waals surface area contributed by atoms with Gasteiger partial charge in [-0.3, -0.25) is 4.79 Å². The second kappa shape index (κ2) is 6.31. The molecule has 0 radical (unpaired) electrons. The molecule has 1 aliphatic carbocycles. The molecule has 1 unspecified atom stereocenters. The second-order valence-corrected chi connectivity index (χ2v) is 6.41. The van der Waals surface area contributed by atoms with E-state index >= 15 is 0 Å². The molecule has 1 aromatic rings. The van der Waals surface area contributed by atoms with Crippen molar-refractivity contribution < 1.29 is 14.3 Å². The minimum absolute atomic E-state index is 0.